The summed E-state index contributed by atoms with van der Waals surface area (Å²) < 4.78 is 30.9. The summed E-state index contributed by atoms with van der Waals surface area (Å²) in [5.74, 6) is 1.55. The van der Waals surface area contributed by atoms with E-state index in [1.807, 2.05) is 0 Å². The third kappa shape index (κ3) is 5.35. The monoisotopic (exact) mass is 514 g/mol. The van der Waals surface area contributed by atoms with Crippen molar-refractivity contribution in [3.8, 4) is 17.2 Å². The van der Waals surface area contributed by atoms with Gasteiger partial charge < -0.3 is 19.5 Å². The van der Waals surface area contributed by atoms with Crippen LogP contribution in [0.5, 0.6) is 17.2 Å². The highest BCUT2D eigenvalue weighted by atomic mass is 79.9. The van der Waals surface area contributed by atoms with E-state index in [-0.39, 0.29) is 12.4 Å². The van der Waals surface area contributed by atoms with Crippen molar-refractivity contribution in [1.82, 2.24) is 10.2 Å². The maximum absolute atomic E-state index is 14.0. The number of aromatic amines is 1. The van der Waals surface area contributed by atoms with Crippen LogP contribution in [0.2, 0.25) is 0 Å². The molecule has 0 bridgehead atoms. The third-order valence-electron chi connectivity index (χ3n) is 4.79. The lowest BCUT2D eigenvalue weighted by molar-refractivity contribution is 0.262. The molecule has 170 valence electrons. The van der Waals surface area contributed by atoms with Crippen molar-refractivity contribution in [3.05, 3.63) is 70.5 Å². The number of amides is 2. The number of carbonyl (C=O) groups is 1. The van der Waals surface area contributed by atoms with Gasteiger partial charge in [0.05, 0.1) is 19.7 Å². The minimum atomic E-state index is -0.498. The highest BCUT2D eigenvalue weighted by molar-refractivity contribution is 9.10. The largest absolute Gasteiger partial charge is 0.497 e. The molecular weight excluding hydrogens is 495 g/mol. The van der Waals surface area contributed by atoms with Crippen molar-refractivity contribution in [1.29, 1.82) is 0 Å². The van der Waals surface area contributed by atoms with E-state index >= 15 is 0 Å². The number of hydrogen-bond donors (Lipinski definition) is 3. The molecule has 0 atom stereocenters. The summed E-state index contributed by atoms with van der Waals surface area (Å²) in [6.45, 7) is 0.0589. The van der Waals surface area contributed by atoms with Crippen LogP contribution in [-0.4, -0.2) is 30.4 Å². The number of H-pyrrole nitrogens is 1. The zero-order valence-electron chi connectivity index (χ0n) is 17.7. The second-order valence-corrected chi connectivity index (χ2v) is 7.90. The van der Waals surface area contributed by atoms with Gasteiger partial charge in [0.15, 0.2) is 5.82 Å². The number of ether oxygens (including phenoxy) is 3. The molecule has 4 rings (SSSR count). The Balaban J connectivity index is 1.47. The number of halogens is 2. The van der Waals surface area contributed by atoms with Gasteiger partial charge in [-0.25, -0.2) is 9.18 Å². The van der Waals surface area contributed by atoms with E-state index in [9.17, 15) is 9.18 Å². The number of nitrogens with one attached hydrogen (secondary N) is 3. The molecule has 0 unspecified atom stereocenters. The Morgan fingerprint density at radius 3 is 2.45 bits per heavy atom. The molecule has 0 spiro atoms. The molecule has 4 aromatic rings. The summed E-state index contributed by atoms with van der Waals surface area (Å²) in [7, 11) is 3.05. The van der Waals surface area contributed by atoms with Crippen molar-refractivity contribution >= 4 is 44.4 Å². The van der Waals surface area contributed by atoms with E-state index < -0.39 is 6.03 Å². The Morgan fingerprint density at radius 2 is 1.76 bits per heavy atom. The van der Waals surface area contributed by atoms with Gasteiger partial charge in [0.1, 0.15) is 29.7 Å². The summed E-state index contributed by atoms with van der Waals surface area (Å²) in [6.07, 6.45) is 0. The molecule has 0 fully saturated rings. The average Bonchev–Trinajstić information content (AvgIpc) is 3.19. The number of hydrogen-bond acceptors (Lipinski definition) is 5. The van der Waals surface area contributed by atoms with Gasteiger partial charge in [-0.05, 0) is 30.3 Å². The van der Waals surface area contributed by atoms with Crippen molar-refractivity contribution in [2.24, 2.45) is 0 Å². The Morgan fingerprint density at radius 1 is 1.00 bits per heavy atom. The number of rotatable bonds is 7. The Bertz CT molecular complexity index is 1290. The lowest BCUT2D eigenvalue weighted by Gasteiger charge is -2.10. The standard InChI is InChI=1S/C23H20BrFN4O4/c1-31-17-8-15(9-18(10-17)32-2)26-23(30)27-22-19-11-16(5-6-21(19)28-29-22)33-12-13-3-4-14(24)7-20(13)25/h3-11H,12H2,1-2H3,(H3,26,27,28,29,30). The smallest absolute Gasteiger partial charge is 0.324 e. The molecule has 10 heteroatoms. The van der Waals surface area contributed by atoms with E-state index in [4.69, 9.17) is 14.2 Å². The first-order valence-electron chi connectivity index (χ1n) is 9.81. The fourth-order valence-corrected chi connectivity index (χ4v) is 3.46. The van der Waals surface area contributed by atoms with Gasteiger partial charge in [-0.2, -0.15) is 5.10 Å². The van der Waals surface area contributed by atoms with Gasteiger partial charge in [-0.1, -0.05) is 22.0 Å². The van der Waals surface area contributed by atoms with Crippen LogP contribution in [0.15, 0.2) is 59.1 Å². The van der Waals surface area contributed by atoms with Crippen molar-refractivity contribution in [2.75, 3.05) is 24.9 Å². The average molecular weight is 515 g/mol. The van der Waals surface area contributed by atoms with Crippen molar-refractivity contribution < 1.29 is 23.4 Å². The minimum absolute atomic E-state index is 0.0589. The predicted molar refractivity (Wildman–Crippen MR) is 127 cm³/mol. The number of aromatic nitrogens is 2. The number of urea groups is 1. The van der Waals surface area contributed by atoms with Crippen LogP contribution in [0.25, 0.3) is 10.9 Å². The van der Waals surface area contributed by atoms with E-state index in [1.165, 1.54) is 20.3 Å². The number of benzene rings is 3. The molecule has 8 nitrogen and oxygen atoms in total. The van der Waals surface area contributed by atoms with Crippen LogP contribution >= 0.6 is 15.9 Å². The molecule has 0 aliphatic carbocycles. The highest BCUT2D eigenvalue weighted by Gasteiger charge is 2.12. The van der Waals surface area contributed by atoms with E-state index in [0.29, 0.717) is 49.7 Å². The normalized spacial score (nSPS) is 10.7. The summed E-state index contributed by atoms with van der Waals surface area (Å²) in [6, 6.07) is 14.6. The fourth-order valence-electron chi connectivity index (χ4n) is 3.13. The zero-order valence-corrected chi connectivity index (χ0v) is 19.3. The second kappa shape index (κ2) is 9.78. The van der Waals surface area contributed by atoms with Crippen LogP contribution in [0.3, 0.4) is 0 Å². The number of anilines is 2. The first-order valence-corrected chi connectivity index (χ1v) is 10.6. The molecule has 3 aromatic carbocycles. The number of carbonyl (C=O) groups excluding carboxylic acids is 1. The highest BCUT2D eigenvalue weighted by Crippen LogP contribution is 2.28. The summed E-state index contributed by atoms with van der Waals surface area (Å²) in [5, 5.41) is 13.1. The Hall–Kier alpha value is -3.79. The summed E-state index contributed by atoms with van der Waals surface area (Å²) in [5.41, 5.74) is 1.62. The van der Waals surface area contributed by atoms with Gasteiger partial charge in [0, 0.05) is 39.3 Å². The number of fused-ring (bicyclic) bond motifs is 1. The maximum Gasteiger partial charge on any atom is 0.324 e. The molecule has 1 heterocycles. The number of methoxy groups -OCH3 is 2. The third-order valence-corrected chi connectivity index (χ3v) is 5.28. The first kappa shape index (κ1) is 22.4. The van der Waals surface area contributed by atoms with Gasteiger partial charge in [0.2, 0.25) is 0 Å². The SMILES string of the molecule is COc1cc(NC(=O)Nc2n[nH]c3ccc(OCc4ccc(Br)cc4F)cc23)cc(OC)c1. The Kier molecular flexibility index (Phi) is 6.64. The van der Waals surface area contributed by atoms with Crippen LogP contribution in [0.4, 0.5) is 20.7 Å². The maximum atomic E-state index is 14.0. The quantitative estimate of drug-likeness (QED) is 0.293. The second-order valence-electron chi connectivity index (χ2n) is 6.98. The van der Waals surface area contributed by atoms with Crippen molar-refractivity contribution in [3.63, 3.8) is 0 Å². The van der Waals surface area contributed by atoms with Gasteiger partial charge in [0.25, 0.3) is 0 Å². The summed E-state index contributed by atoms with van der Waals surface area (Å²) >= 11 is 3.23. The minimum Gasteiger partial charge on any atom is -0.497 e. The van der Waals surface area contributed by atoms with E-state index in [2.05, 4.69) is 36.8 Å². The first-order chi connectivity index (χ1) is 15.9. The molecule has 0 radical (unpaired) electrons. The van der Waals surface area contributed by atoms with Gasteiger partial charge in [-0.15, -0.1) is 0 Å². The molecular formula is C23H20BrFN4O4. The molecule has 33 heavy (non-hydrogen) atoms. The lowest BCUT2D eigenvalue weighted by atomic mass is 10.2. The van der Waals surface area contributed by atoms with Gasteiger partial charge >= 0.3 is 6.03 Å². The molecule has 0 aliphatic heterocycles. The molecule has 1 aromatic heterocycles. The van der Waals surface area contributed by atoms with Crippen LogP contribution in [0, 0.1) is 5.82 Å². The van der Waals surface area contributed by atoms with Gasteiger partial charge in [-0.3, -0.25) is 10.4 Å². The number of nitrogens with zero attached hydrogens (tertiary/aromatic N) is 1. The van der Waals surface area contributed by atoms with Crippen LogP contribution in [-0.2, 0) is 6.61 Å². The predicted octanol–water partition coefficient (Wildman–Crippen LogP) is 5.70. The molecule has 0 saturated carbocycles. The topological polar surface area (TPSA) is 97.5 Å². The van der Waals surface area contributed by atoms with Crippen LogP contribution in [0.1, 0.15) is 5.56 Å². The van der Waals surface area contributed by atoms with Crippen LogP contribution < -0.4 is 24.8 Å². The molecule has 2 amide bonds. The summed E-state index contributed by atoms with van der Waals surface area (Å²) in [4.78, 5) is 12.5. The fraction of sp³-hybridized carbons (Fsp3) is 0.130. The molecule has 0 aliphatic rings. The zero-order chi connectivity index (χ0) is 23.4. The van der Waals surface area contributed by atoms with E-state index in [1.54, 1.807) is 48.5 Å². The Labute approximate surface area is 197 Å². The molecule has 0 saturated heterocycles. The lowest BCUT2D eigenvalue weighted by Crippen LogP contribution is -2.19. The van der Waals surface area contributed by atoms with E-state index in [0.717, 1.165) is 0 Å². The molecule has 3 N–H and O–H groups in total. The van der Waals surface area contributed by atoms with Crippen molar-refractivity contribution in [2.45, 2.75) is 6.61 Å².